The van der Waals surface area contributed by atoms with Crippen LogP contribution in [0, 0.1) is 0 Å². The van der Waals surface area contributed by atoms with E-state index in [1.807, 2.05) is 25.2 Å². The first-order valence-electron chi connectivity index (χ1n) is 5.89. The summed E-state index contributed by atoms with van der Waals surface area (Å²) in [6.07, 6.45) is 8.83. The van der Waals surface area contributed by atoms with Crippen LogP contribution < -0.4 is 11.3 Å². The molecule has 0 amide bonds. The maximum absolute atomic E-state index is 11.6. The van der Waals surface area contributed by atoms with Gasteiger partial charge in [-0.2, -0.15) is 0 Å². The second-order valence-electron chi connectivity index (χ2n) is 4.18. The molecule has 0 radical (unpaired) electrons. The minimum Gasteiger partial charge on any atom is -0.413 e. The molecule has 1 heterocycles. The zero-order chi connectivity index (χ0) is 13.1. The Balaban J connectivity index is 2.54. The number of aromatic amines is 1. The van der Waals surface area contributed by atoms with E-state index in [0.29, 0.717) is 17.7 Å². The molecule has 0 fully saturated rings. The number of H-pyrrole nitrogens is 1. The van der Waals surface area contributed by atoms with Crippen molar-refractivity contribution in [2.24, 2.45) is 0 Å². The van der Waals surface area contributed by atoms with Crippen molar-refractivity contribution in [3.05, 3.63) is 68.7 Å². The lowest BCUT2D eigenvalue weighted by Crippen LogP contribution is -2.22. The van der Waals surface area contributed by atoms with Crippen molar-refractivity contribution in [2.45, 2.75) is 25.7 Å². The van der Waals surface area contributed by atoms with Gasteiger partial charge in [-0.05, 0) is 25.3 Å². The standard InChI is InChI=1S/C14H15NO3/c1-3-5-9(6-4-2)10-7-8-11-12(10)18-14(17)15-13(11)16/h3-6,10H,1,7-8H2,2H3,(H,15,16,17)/b6-4-,9-5+. The normalized spacial score (nSPS) is 19.2. The highest BCUT2D eigenvalue weighted by atomic mass is 16.4. The van der Waals surface area contributed by atoms with Crippen LogP contribution in [0.25, 0.3) is 0 Å². The fourth-order valence-electron chi connectivity index (χ4n) is 2.34. The van der Waals surface area contributed by atoms with Crippen LogP contribution in [-0.4, -0.2) is 4.98 Å². The fourth-order valence-corrected chi connectivity index (χ4v) is 2.34. The van der Waals surface area contributed by atoms with Crippen molar-refractivity contribution in [2.75, 3.05) is 0 Å². The molecule has 1 aliphatic rings. The van der Waals surface area contributed by atoms with Crippen molar-refractivity contribution >= 4 is 0 Å². The highest BCUT2D eigenvalue weighted by molar-refractivity contribution is 5.38. The Bertz CT molecular complexity index is 631. The first-order valence-corrected chi connectivity index (χ1v) is 5.89. The van der Waals surface area contributed by atoms with Gasteiger partial charge in [-0.25, -0.2) is 4.79 Å². The van der Waals surface area contributed by atoms with E-state index in [0.717, 1.165) is 12.0 Å². The number of hydrogen-bond donors (Lipinski definition) is 1. The summed E-state index contributed by atoms with van der Waals surface area (Å²) in [5.41, 5.74) is 1.25. The second kappa shape index (κ2) is 5.04. The third-order valence-corrected chi connectivity index (χ3v) is 3.06. The van der Waals surface area contributed by atoms with Gasteiger partial charge in [0.05, 0.1) is 5.56 Å². The number of aromatic nitrogens is 1. The molecule has 4 nitrogen and oxygen atoms in total. The largest absolute Gasteiger partial charge is 0.419 e. The van der Waals surface area contributed by atoms with E-state index in [1.165, 1.54) is 0 Å². The lowest BCUT2D eigenvalue weighted by Gasteiger charge is -2.10. The molecule has 94 valence electrons. The summed E-state index contributed by atoms with van der Waals surface area (Å²) in [6.45, 7) is 5.59. The van der Waals surface area contributed by atoms with Crippen molar-refractivity contribution in [3.8, 4) is 0 Å². The number of rotatable bonds is 3. The monoisotopic (exact) mass is 245 g/mol. The molecule has 1 aliphatic carbocycles. The third-order valence-electron chi connectivity index (χ3n) is 3.06. The molecular weight excluding hydrogens is 230 g/mol. The average Bonchev–Trinajstić information content (AvgIpc) is 2.72. The molecule has 0 spiro atoms. The Kier molecular flexibility index (Phi) is 3.46. The SMILES string of the molecule is C=C/C=C(\C=C/C)C1CCc2c1oc(=O)[nH]c2=O. The van der Waals surface area contributed by atoms with E-state index in [9.17, 15) is 9.59 Å². The second-order valence-corrected chi connectivity index (χ2v) is 4.18. The summed E-state index contributed by atoms with van der Waals surface area (Å²) in [6, 6.07) is 0. The van der Waals surface area contributed by atoms with Crippen molar-refractivity contribution in [1.82, 2.24) is 4.98 Å². The van der Waals surface area contributed by atoms with Crippen LogP contribution in [0.2, 0.25) is 0 Å². The van der Waals surface area contributed by atoms with Gasteiger partial charge in [-0.15, -0.1) is 0 Å². The molecule has 0 aliphatic heterocycles. The molecule has 0 aromatic carbocycles. The van der Waals surface area contributed by atoms with E-state index >= 15 is 0 Å². The quantitative estimate of drug-likeness (QED) is 0.829. The van der Waals surface area contributed by atoms with Gasteiger partial charge in [0, 0.05) is 5.92 Å². The van der Waals surface area contributed by atoms with Crippen LogP contribution in [0.3, 0.4) is 0 Å². The van der Waals surface area contributed by atoms with Crippen molar-refractivity contribution in [1.29, 1.82) is 0 Å². The Hall–Kier alpha value is -2.10. The summed E-state index contributed by atoms with van der Waals surface area (Å²) in [7, 11) is 0. The number of hydrogen-bond acceptors (Lipinski definition) is 3. The summed E-state index contributed by atoms with van der Waals surface area (Å²) in [5.74, 6) is -0.233. The van der Waals surface area contributed by atoms with Gasteiger partial charge in [-0.3, -0.25) is 9.78 Å². The van der Waals surface area contributed by atoms with Crippen LogP contribution in [0.4, 0.5) is 0 Å². The molecule has 1 aromatic rings. The predicted octanol–water partition coefficient (Wildman–Crippen LogP) is 2.05. The van der Waals surface area contributed by atoms with E-state index in [1.54, 1.807) is 6.08 Å². The van der Waals surface area contributed by atoms with Gasteiger partial charge in [0.1, 0.15) is 5.76 Å². The Morgan fingerprint density at radius 3 is 2.94 bits per heavy atom. The zero-order valence-corrected chi connectivity index (χ0v) is 10.2. The molecule has 1 atom stereocenters. The van der Waals surface area contributed by atoms with Gasteiger partial charge >= 0.3 is 5.76 Å². The van der Waals surface area contributed by atoms with Crippen LogP contribution in [0.5, 0.6) is 0 Å². The van der Waals surface area contributed by atoms with E-state index in [4.69, 9.17) is 4.42 Å². The minimum atomic E-state index is -0.691. The van der Waals surface area contributed by atoms with E-state index in [-0.39, 0.29) is 11.5 Å². The number of fused-ring (bicyclic) bond motifs is 1. The molecule has 1 aromatic heterocycles. The van der Waals surface area contributed by atoms with Crippen molar-refractivity contribution in [3.63, 3.8) is 0 Å². The van der Waals surface area contributed by atoms with Crippen LogP contribution in [0.15, 0.2) is 50.5 Å². The van der Waals surface area contributed by atoms with Crippen LogP contribution in [0.1, 0.15) is 30.6 Å². The number of nitrogens with one attached hydrogen (secondary N) is 1. The maximum Gasteiger partial charge on any atom is 0.419 e. The molecule has 1 N–H and O–H groups in total. The molecular formula is C14H15NO3. The van der Waals surface area contributed by atoms with Crippen LogP contribution >= 0.6 is 0 Å². The average molecular weight is 245 g/mol. The predicted molar refractivity (Wildman–Crippen MR) is 69.8 cm³/mol. The fraction of sp³-hybridized carbons (Fsp3) is 0.286. The molecule has 0 bridgehead atoms. The van der Waals surface area contributed by atoms with Crippen molar-refractivity contribution < 1.29 is 4.42 Å². The highest BCUT2D eigenvalue weighted by Crippen LogP contribution is 2.36. The van der Waals surface area contributed by atoms with E-state index < -0.39 is 5.76 Å². The summed E-state index contributed by atoms with van der Waals surface area (Å²) < 4.78 is 5.17. The van der Waals surface area contributed by atoms with Gasteiger partial charge in [-0.1, -0.05) is 30.9 Å². The third kappa shape index (κ3) is 2.14. The molecule has 4 heteroatoms. The Morgan fingerprint density at radius 1 is 1.50 bits per heavy atom. The summed E-state index contributed by atoms with van der Waals surface area (Å²) >= 11 is 0. The van der Waals surface area contributed by atoms with Gasteiger partial charge in [0.25, 0.3) is 5.56 Å². The zero-order valence-electron chi connectivity index (χ0n) is 10.2. The molecule has 0 saturated carbocycles. The first-order chi connectivity index (χ1) is 8.67. The molecule has 0 saturated heterocycles. The highest BCUT2D eigenvalue weighted by Gasteiger charge is 2.29. The molecule has 2 rings (SSSR count). The smallest absolute Gasteiger partial charge is 0.413 e. The summed E-state index contributed by atoms with van der Waals surface area (Å²) in [5, 5.41) is 0. The minimum absolute atomic E-state index is 0.0378. The topological polar surface area (TPSA) is 63.1 Å². The molecule has 18 heavy (non-hydrogen) atoms. The number of allylic oxidation sites excluding steroid dienone is 5. The van der Waals surface area contributed by atoms with Gasteiger partial charge < -0.3 is 4.42 Å². The van der Waals surface area contributed by atoms with Crippen LogP contribution in [-0.2, 0) is 6.42 Å². The summed E-state index contributed by atoms with van der Waals surface area (Å²) in [4.78, 5) is 25.1. The Morgan fingerprint density at radius 2 is 2.28 bits per heavy atom. The molecule has 1 unspecified atom stereocenters. The van der Waals surface area contributed by atoms with Gasteiger partial charge in [0.2, 0.25) is 0 Å². The Labute approximate surface area is 104 Å². The lowest BCUT2D eigenvalue weighted by atomic mass is 9.96. The first kappa shape index (κ1) is 12.4. The van der Waals surface area contributed by atoms with Gasteiger partial charge in [0.15, 0.2) is 0 Å². The van der Waals surface area contributed by atoms with E-state index in [2.05, 4.69) is 11.6 Å². The maximum atomic E-state index is 11.6. The lowest BCUT2D eigenvalue weighted by molar-refractivity contribution is 0.425.